The van der Waals surface area contributed by atoms with E-state index >= 15 is 0 Å². The van der Waals surface area contributed by atoms with E-state index in [1.807, 2.05) is 4.90 Å². The smallest absolute Gasteiger partial charge is 0.221 e. The van der Waals surface area contributed by atoms with E-state index in [1.165, 1.54) is 11.3 Å². The Morgan fingerprint density at radius 3 is 2.82 bits per heavy atom. The fourth-order valence-corrected chi connectivity index (χ4v) is 3.58. The Hall–Kier alpha value is -1.51. The molecule has 0 aromatic heterocycles. The molecule has 0 radical (unpaired) electrons. The third kappa shape index (κ3) is 1.20. The van der Waals surface area contributed by atoms with Gasteiger partial charge in [0, 0.05) is 31.6 Å². The zero-order valence-corrected chi connectivity index (χ0v) is 10.6. The van der Waals surface area contributed by atoms with Crippen molar-refractivity contribution in [1.29, 1.82) is 0 Å². The molecule has 17 heavy (non-hydrogen) atoms. The molecule has 2 atom stereocenters. The summed E-state index contributed by atoms with van der Waals surface area (Å²) in [5.74, 6) is 0.179. The molecule has 1 aromatic carbocycles. The molecule has 0 bridgehead atoms. The van der Waals surface area contributed by atoms with E-state index < -0.39 is 0 Å². The summed E-state index contributed by atoms with van der Waals surface area (Å²) in [6.45, 7) is 4.82. The normalized spacial score (nSPS) is 30.4. The van der Waals surface area contributed by atoms with Gasteiger partial charge < -0.3 is 9.80 Å². The lowest BCUT2D eigenvalue weighted by Gasteiger charge is -2.34. The maximum Gasteiger partial charge on any atom is 0.221 e. The van der Waals surface area contributed by atoms with Gasteiger partial charge in [0.05, 0.1) is 0 Å². The maximum absolute atomic E-state index is 11.7. The molecule has 3 heteroatoms. The zero-order valence-electron chi connectivity index (χ0n) is 10.6. The van der Waals surface area contributed by atoms with Crippen molar-refractivity contribution < 1.29 is 4.79 Å². The molecule has 0 aliphatic carbocycles. The molecular formula is C14H18N2O. The molecule has 0 saturated carbocycles. The lowest BCUT2D eigenvalue weighted by atomic mass is 9.81. The zero-order chi connectivity index (χ0) is 12.2. The van der Waals surface area contributed by atoms with Crippen LogP contribution in [0.15, 0.2) is 24.3 Å². The van der Waals surface area contributed by atoms with E-state index in [1.54, 1.807) is 6.92 Å². The summed E-state index contributed by atoms with van der Waals surface area (Å²) in [6.07, 6.45) is 1.25. The van der Waals surface area contributed by atoms with Gasteiger partial charge in [-0.1, -0.05) is 25.1 Å². The number of amides is 1. The molecular weight excluding hydrogens is 212 g/mol. The number of anilines is 1. The second-order valence-corrected chi connectivity index (χ2v) is 5.38. The average molecular weight is 230 g/mol. The summed E-state index contributed by atoms with van der Waals surface area (Å²) in [6, 6.07) is 8.52. The van der Waals surface area contributed by atoms with Gasteiger partial charge >= 0.3 is 0 Å². The van der Waals surface area contributed by atoms with Crippen LogP contribution < -0.4 is 4.90 Å². The molecule has 2 aliphatic heterocycles. The Balaban J connectivity index is 2.13. The molecule has 2 heterocycles. The summed E-state index contributed by atoms with van der Waals surface area (Å²) in [5, 5.41) is 0. The quantitative estimate of drug-likeness (QED) is 0.680. The van der Waals surface area contributed by atoms with Gasteiger partial charge in [0.2, 0.25) is 5.91 Å². The van der Waals surface area contributed by atoms with Gasteiger partial charge in [0.25, 0.3) is 0 Å². The van der Waals surface area contributed by atoms with E-state index in [2.05, 4.69) is 43.1 Å². The summed E-state index contributed by atoms with van der Waals surface area (Å²) in [5.41, 5.74) is 2.75. The molecule has 0 spiro atoms. The molecule has 0 unspecified atom stereocenters. The monoisotopic (exact) mass is 230 g/mol. The summed E-state index contributed by atoms with van der Waals surface area (Å²) in [7, 11) is 2.09. The number of rotatable bonds is 0. The van der Waals surface area contributed by atoms with Crippen molar-refractivity contribution in [3.05, 3.63) is 29.8 Å². The van der Waals surface area contributed by atoms with Crippen LogP contribution in [0.25, 0.3) is 0 Å². The van der Waals surface area contributed by atoms with E-state index in [0.29, 0.717) is 0 Å². The third-order valence-corrected chi connectivity index (χ3v) is 4.41. The lowest BCUT2D eigenvalue weighted by molar-refractivity contribution is -0.129. The highest BCUT2D eigenvalue weighted by Gasteiger charge is 2.53. The first-order valence-electron chi connectivity index (χ1n) is 6.15. The van der Waals surface area contributed by atoms with Gasteiger partial charge in [0.1, 0.15) is 6.17 Å². The Labute approximate surface area is 102 Å². The minimum absolute atomic E-state index is 0.0943. The average Bonchev–Trinajstić information content (AvgIpc) is 2.76. The Morgan fingerprint density at radius 2 is 2.12 bits per heavy atom. The minimum atomic E-state index is 0.0943. The standard InChI is InChI=1S/C14H18N2O/c1-10(17)16-9-8-14(2)11-6-4-5-7-12(11)15(3)13(14)16/h4-7,13H,8-9H2,1-3H3/t13-,14-/m0/s1. The van der Waals surface area contributed by atoms with Gasteiger partial charge in [-0.15, -0.1) is 0 Å². The van der Waals surface area contributed by atoms with Crippen LogP contribution in [0.1, 0.15) is 25.8 Å². The van der Waals surface area contributed by atoms with Crippen molar-refractivity contribution in [2.75, 3.05) is 18.5 Å². The number of carbonyl (C=O) groups excluding carboxylic acids is 1. The van der Waals surface area contributed by atoms with Crippen LogP contribution in [0.5, 0.6) is 0 Å². The van der Waals surface area contributed by atoms with E-state index in [9.17, 15) is 4.79 Å². The fourth-order valence-electron chi connectivity index (χ4n) is 3.58. The highest BCUT2D eigenvalue weighted by Crippen LogP contribution is 2.50. The number of hydrogen-bond donors (Lipinski definition) is 0. The predicted molar refractivity (Wildman–Crippen MR) is 68.0 cm³/mol. The second kappa shape index (κ2) is 3.25. The molecule has 3 nitrogen and oxygen atoms in total. The van der Waals surface area contributed by atoms with Gasteiger partial charge in [-0.3, -0.25) is 4.79 Å². The van der Waals surface area contributed by atoms with Crippen molar-refractivity contribution in [1.82, 2.24) is 4.90 Å². The number of para-hydroxylation sites is 1. The first kappa shape index (κ1) is 10.6. The van der Waals surface area contributed by atoms with Crippen LogP contribution in [0, 0.1) is 0 Å². The summed E-state index contributed by atoms with van der Waals surface area (Å²) < 4.78 is 0. The minimum Gasteiger partial charge on any atom is -0.353 e. The van der Waals surface area contributed by atoms with Gasteiger partial charge in [0.15, 0.2) is 0 Å². The van der Waals surface area contributed by atoms with Crippen molar-refractivity contribution in [2.24, 2.45) is 0 Å². The van der Waals surface area contributed by atoms with E-state index in [-0.39, 0.29) is 17.5 Å². The number of carbonyl (C=O) groups is 1. The number of benzene rings is 1. The number of fused-ring (bicyclic) bond motifs is 3. The van der Waals surface area contributed by atoms with E-state index in [4.69, 9.17) is 0 Å². The highest BCUT2D eigenvalue weighted by molar-refractivity contribution is 5.77. The van der Waals surface area contributed by atoms with Crippen molar-refractivity contribution in [3.63, 3.8) is 0 Å². The molecule has 1 fully saturated rings. The molecule has 90 valence electrons. The third-order valence-electron chi connectivity index (χ3n) is 4.41. The molecule has 1 aromatic rings. The summed E-state index contributed by atoms with van der Waals surface area (Å²) in [4.78, 5) is 16.0. The molecule has 0 N–H and O–H groups in total. The second-order valence-electron chi connectivity index (χ2n) is 5.38. The number of likely N-dealkylation sites (N-methyl/N-ethyl adjacent to an activating group) is 1. The predicted octanol–water partition coefficient (Wildman–Crippen LogP) is 1.97. The first-order valence-corrected chi connectivity index (χ1v) is 6.15. The largest absolute Gasteiger partial charge is 0.353 e. The van der Waals surface area contributed by atoms with Crippen LogP contribution >= 0.6 is 0 Å². The lowest BCUT2D eigenvalue weighted by Crippen LogP contribution is -2.48. The van der Waals surface area contributed by atoms with Crippen molar-refractivity contribution >= 4 is 11.6 Å². The fraction of sp³-hybridized carbons (Fsp3) is 0.500. The molecule has 1 amide bonds. The van der Waals surface area contributed by atoms with E-state index in [0.717, 1.165) is 13.0 Å². The van der Waals surface area contributed by atoms with Crippen molar-refractivity contribution in [3.8, 4) is 0 Å². The first-order chi connectivity index (χ1) is 8.05. The maximum atomic E-state index is 11.7. The van der Waals surface area contributed by atoms with Gasteiger partial charge in [-0.2, -0.15) is 0 Å². The Kier molecular flexibility index (Phi) is 2.03. The van der Waals surface area contributed by atoms with Crippen LogP contribution in [-0.2, 0) is 10.2 Å². The van der Waals surface area contributed by atoms with Gasteiger partial charge in [-0.05, 0) is 18.1 Å². The number of likely N-dealkylation sites (tertiary alicyclic amines) is 1. The highest BCUT2D eigenvalue weighted by atomic mass is 16.2. The number of nitrogens with zero attached hydrogens (tertiary/aromatic N) is 2. The van der Waals surface area contributed by atoms with Crippen LogP contribution in [-0.4, -0.2) is 30.6 Å². The van der Waals surface area contributed by atoms with Crippen molar-refractivity contribution in [2.45, 2.75) is 31.8 Å². The number of hydrogen-bond acceptors (Lipinski definition) is 2. The summed E-state index contributed by atoms with van der Waals surface area (Å²) >= 11 is 0. The topological polar surface area (TPSA) is 23.6 Å². The van der Waals surface area contributed by atoms with Crippen LogP contribution in [0.2, 0.25) is 0 Å². The Morgan fingerprint density at radius 1 is 1.41 bits per heavy atom. The molecule has 3 rings (SSSR count). The van der Waals surface area contributed by atoms with Crippen LogP contribution in [0.3, 0.4) is 0 Å². The van der Waals surface area contributed by atoms with Gasteiger partial charge in [-0.25, -0.2) is 0 Å². The van der Waals surface area contributed by atoms with Crippen LogP contribution in [0.4, 0.5) is 5.69 Å². The molecule has 2 aliphatic rings. The molecule has 1 saturated heterocycles. The SMILES string of the molecule is CC(=O)N1CC[C@@]2(C)c3ccccc3N(C)[C@@H]12. The Bertz CT molecular complexity index is 485.